The van der Waals surface area contributed by atoms with Crippen molar-refractivity contribution in [2.24, 2.45) is 0 Å². The number of hydrogen-bond acceptors (Lipinski definition) is 7. The number of Topliss-reactive ketones (excluding diaryl/α,β-unsaturated/α-hetero) is 1. The number of para-hydroxylation sites is 2. The van der Waals surface area contributed by atoms with Crippen LogP contribution in [-0.2, 0) is 16.0 Å². The van der Waals surface area contributed by atoms with E-state index in [4.69, 9.17) is 19.2 Å². The van der Waals surface area contributed by atoms with Gasteiger partial charge in [0.05, 0.1) is 30.4 Å². The molecule has 5 rings (SSSR count). The zero-order chi connectivity index (χ0) is 22.8. The first-order valence-corrected chi connectivity index (χ1v) is 11.6. The average Bonchev–Trinajstić information content (AvgIpc) is 3.46. The Labute approximate surface area is 193 Å². The maximum atomic E-state index is 13.1. The van der Waals surface area contributed by atoms with E-state index >= 15 is 0 Å². The van der Waals surface area contributed by atoms with Crippen LogP contribution in [0.4, 0.5) is 5.82 Å². The van der Waals surface area contributed by atoms with E-state index in [-0.39, 0.29) is 18.5 Å². The lowest BCUT2D eigenvalue weighted by Crippen LogP contribution is -2.37. The molecule has 1 atom stereocenters. The normalized spacial score (nSPS) is 18.7. The number of benzene rings is 1. The quantitative estimate of drug-likeness (QED) is 0.511. The molecule has 0 bridgehead atoms. The van der Waals surface area contributed by atoms with Crippen molar-refractivity contribution in [2.45, 2.75) is 39.3 Å². The summed E-state index contributed by atoms with van der Waals surface area (Å²) in [5.41, 5.74) is 4.25. The van der Waals surface area contributed by atoms with Crippen LogP contribution in [0.5, 0.6) is 5.88 Å². The second kappa shape index (κ2) is 9.49. The molecule has 4 heterocycles. The van der Waals surface area contributed by atoms with E-state index in [9.17, 15) is 4.79 Å². The van der Waals surface area contributed by atoms with Crippen LogP contribution in [0, 0.1) is 13.8 Å². The van der Waals surface area contributed by atoms with Crippen LogP contribution >= 0.6 is 0 Å². The molecule has 0 spiro atoms. The number of aromatic nitrogens is 3. The van der Waals surface area contributed by atoms with Crippen LogP contribution < -0.4 is 9.64 Å². The maximum Gasteiger partial charge on any atom is 0.258 e. The fraction of sp³-hybridized carbons (Fsp3) is 0.480. The SMILES string of the molecule is Cc1cc(C(=O)COc2nc3ccccc3nc2N2CCOCC2)c(C)n1C[C@@H]1CCCO1. The molecule has 33 heavy (non-hydrogen) atoms. The van der Waals surface area contributed by atoms with E-state index in [0.717, 1.165) is 48.4 Å². The smallest absolute Gasteiger partial charge is 0.258 e. The van der Waals surface area contributed by atoms with E-state index in [1.165, 1.54) is 0 Å². The summed E-state index contributed by atoms with van der Waals surface area (Å²) in [5.74, 6) is 0.982. The Bertz CT molecular complexity index is 1150. The number of ketones is 1. The van der Waals surface area contributed by atoms with E-state index < -0.39 is 0 Å². The summed E-state index contributed by atoms with van der Waals surface area (Å²) in [5, 5.41) is 0. The topological polar surface area (TPSA) is 78.7 Å². The molecule has 0 radical (unpaired) electrons. The molecule has 3 aromatic rings. The fourth-order valence-corrected chi connectivity index (χ4v) is 4.62. The third kappa shape index (κ3) is 4.58. The summed E-state index contributed by atoms with van der Waals surface area (Å²) in [6.07, 6.45) is 2.38. The first-order valence-electron chi connectivity index (χ1n) is 11.6. The molecule has 2 aliphatic heterocycles. The molecule has 2 aliphatic rings. The number of carbonyl (C=O) groups excluding carboxylic acids is 1. The van der Waals surface area contributed by atoms with Crippen LogP contribution in [0.25, 0.3) is 11.0 Å². The van der Waals surface area contributed by atoms with Crippen molar-refractivity contribution in [1.82, 2.24) is 14.5 Å². The van der Waals surface area contributed by atoms with E-state index in [2.05, 4.69) is 14.5 Å². The van der Waals surface area contributed by atoms with E-state index in [1.54, 1.807) is 0 Å². The van der Waals surface area contributed by atoms with Gasteiger partial charge in [-0.05, 0) is 44.9 Å². The Morgan fingerprint density at radius 1 is 1.12 bits per heavy atom. The Morgan fingerprint density at radius 3 is 2.61 bits per heavy atom. The monoisotopic (exact) mass is 450 g/mol. The first-order chi connectivity index (χ1) is 16.1. The van der Waals surface area contributed by atoms with E-state index in [1.807, 2.05) is 44.2 Å². The van der Waals surface area contributed by atoms with Gasteiger partial charge in [-0.15, -0.1) is 0 Å². The molecule has 0 N–H and O–H groups in total. The van der Waals surface area contributed by atoms with Crippen LogP contribution in [0.1, 0.15) is 34.6 Å². The Morgan fingerprint density at radius 2 is 1.88 bits per heavy atom. The zero-order valence-corrected chi connectivity index (χ0v) is 19.2. The van der Waals surface area contributed by atoms with Crippen molar-refractivity contribution in [1.29, 1.82) is 0 Å². The van der Waals surface area contributed by atoms with Crippen molar-refractivity contribution < 1.29 is 19.0 Å². The van der Waals surface area contributed by atoms with Gasteiger partial charge in [-0.2, -0.15) is 0 Å². The van der Waals surface area contributed by atoms with Crippen LogP contribution in [-0.4, -0.2) is 65.9 Å². The number of aryl methyl sites for hydroxylation is 1. The highest BCUT2D eigenvalue weighted by atomic mass is 16.5. The van der Waals surface area contributed by atoms with E-state index in [0.29, 0.717) is 43.6 Å². The number of hydrogen-bond donors (Lipinski definition) is 0. The van der Waals surface area contributed by atoms with Gasteiger partial charge < -0.3 is 23.7 Å². The Balaban J connectivity index is 1.36. The number of fused-ring (bicyclic) bond motifs is 1. The van der Waals surface area contributed by atoms with Gasteiger partial charge in [-0.1, -0.05) is 12.1 Å². The highest BCUT2D eigenvalue weighted by Gasteiger charge is 2.23. The van der Waals surface area contributed by atoms with Crippen molar-refractivity contribution in [2.75, 3.05) is 44.4 Å². The number of carbonyl (C=O) groups is 1. The second-order valence-electron chi connectivity index (χ2n) is 8.68. The number of anilines is 1. The van der Waals surface area contributed by atoms with Crippen LogP contribution in [0.15, 0.2) is 30.3 Å². The highest BCUT2D eigenvalue weighted by molar-refractivity contribution is 5.98. The van der Waals surface area contributed by atoms with Crippen LogP contribution in [0.3, 0.4) is 0 Å². The Hall–Kier alpha value is -2.97. The molecule has 1 aromatic carbocycles. The Kier molecular flexibility index (Phi) is 6.28. The second-order valence-corrected chi connectivity index (χ2v) is 8.68. The van der Waals surface area contributed by atoms with Gasteiger partial charge in [-0.3, -0.25) is 4.79 Å². The number of rotatable bonds is 7. The van der Waals surface area contributed by atoms with Gasteiger partial charge in [0.2, 0.25) is 5.78 Å². The average molecular weight is 451 g/mol. The van der Waals surface area contributed by atoms with Gasteiger partial charge in [-0.25, -0.2) is 9.97 Å². The lowest BCUT2D eigenvalue weighted by molar-refractivity contribution is 0.0910. The molecule has 2 fully saturated rings. The maximum absolute atomic E-state index is 13.1. The van der Waals surface area contributed by atoms with Crippen molar-refractivity contribution in [3.63, 3.8) is 0 Å². The zero-order valence-electron chi connectivity index (χ0n) is 19.2. The third-order valence-electron chi connectivity index (χ3n) is 6.46. The predicted octanol–water partition coefficient (Wildman–Crippen LogP) is 3.33. The minimum absolute atomic E-state index is 0.0652. The van der Waals surface area contributed by atoms with Crippen molar-refractivity contribution in [3.8, 4) is 5.88 Å². The van der Waals surface area contributed by atoms with Gasteiger partial charge in [0, 0.05) is 43.2 Å². The van der Waals surface area contributed by atoms with Gasteiger partial charge in [0.1, 0.15) is 0 Å². The predicted molar refractivity (Wildman–Crippen MR) is 125 cm³/mol. The molecular weight excluding hydrogens is 420 g/mol. The molecule has 2 aromatic heterocycles. The van der Waals surface area contributed by atoms with Crippen molar-refractivity contribution >= 4 is 22.6 Å². The summed E-state index contributed by atoms with van der Waals surface area (Å²) in [4.78, 5) is 24.7. The standard InChI is InChI=1S/C25H30N4O4/c1-17-14-20(18(2)29(17)15-19-6-5-11-32-19)23(30)16-33-25-24(28-9-12-31-13-10-28)26-21-7-3-4-8-22(21)27-25/h3-4,7-8,14,19H,5-6,9-13,15-16H2,1-2H3/t19-/m0/s1. The molecule has 0 saturated carbocycles. The molecule has 8 heteroatoms. The molecule has 0 aliphatic carbocycles. The lowest BCUT2D eigenvalue weighted by atomic mass is 10.1. The molecule has 0 unspecified atom stereocenters. The first kappa shape index (κ1) is 21.9. The summed E-state index contributed by atoms with van der Waals surface area (Å²) in [6.45, 7) is 8.21. The summed E-state index contributed by atoms with van der Waals surface area (Å²) in [6, 6.07) is 9.65. The molecule has 174 valence electrons. The molecule has 0 amide bonds. The molecular formula is C25H30N4O4. The summed E-state index contributed by atoms with van der Waals surface area (Å²) in [7, 11) is 0. The summed E-state index contributed by atoms with van der Waals surface area (Å²) >= 11 is 0. The molecule has 2 saturated heterocycles. The minimum atomic E-state index is -0.0887. The minimum Gasteiger partial charge on any atom is -0.467 e. The number of nitrogens with zero attached hydrogens (tertiary/aromatic N) is 4. The van der Waals surface area contributed by atoms with Crippen molar-refractivity contribution in [3.05, 3.63) is 47.3 Å². The lowest BCUT2D eigenvalue weighted by Gasteiger charge is -2.28. The van der Waals surface area contributed by atoms with Gasteiger partial charge in [0.15, 0.2) is 12.4 Å². The molecule has 8 nitrogen and oxygen atoms in total. The fourth-order valence-electron chi connectivity index (χ4n) is 4.62. The summed E-state index contributed by atoms with van der Waals surface area (Å²) < 4.78 is 19.5. The van der Waals surface area contributed by atoms with Gasteiger partial charge in [0.25, 0.3) is 5.88 Å². The number of morpholine rings is 1. The highest BCUT2D eigenvalue weighted by Crippen LogP contribution is 2.28. The van der Waals surface area contributed by atoms with Gasteiger partial charge >= 0.3 is 0 Å². The van der Waals surface area contributed by atoms with Crippen LogP contribution in [0.2, 0.25) is 0 Å². The largest absolute Gasteiger partial charge is 0.467 e. The third-order valence-corrected chi connectivity index (χ3v) is 6.46. The number of ether oxygens (including phenoxy) is 3.